The maximum atomic E-state index is 12.0. The van der Waals surface area contributed by atoms with Gasteiger partial charge in [0.15, 0.2) is 0 Å². The number of hydrogen-bond donors (Lipinski definition) is 1. The quantitative estimate of drug-likeness (QED) is 0.547. The van der Waals surface area contributed by atoms with Gasteiger partial charge in [-0.25, -0.2) is 0 Å². The van der Waals surface area contributed by atoms with E-state index in [9.17, 15) is 10.0 Å². The fourth-order valence-corrected chi connectivity index (χ4v) is 4.38. The van der Waals surface area contributed by atoms with Gasteiger partial charge in [0.1, 0.15) is 0 Å². The van der Waals surface area contributed by atoms with Crippen molar-refractivity contribution in [2.75, 3.05) is 19.8 Å². The number of amides is 1. The van der Waals surface area contributed by atoms with E-state index in [0.29, 0.717) is 19.7 Å². The van der Waals surface area contributed by atoms with E-state index in [-0.39, 0.29) is 11.9 Å². The third-order valence-corrected chi connectivity index (χ3v) is 5.86. The van der Waals surface area contributed by atoms with Gasteiger partial charge in [-0.3, -0.25) is 14.7 Å². The van der Waals surface area contributed by atoms with Crippen molar-refractivity contribution in [3.8, 4) is 11.3 Å². The average Bonchev–Trinajstić information content (AvgIpc) is 3.35. The Morgan fingerprint density at radius 1 is 1.32 bits per heavy atom. The number of pyridine rings is 1. The molecule has 1 atom stereocenters. The van der Waals surface area contributed by atoms with Crippen LogP contribution in [-0.4, -0.2) is 45.6 Å². The summed E-state index contributed by atoms with van der Waals surface area (Å²) < 4.78 is 8.86. The molecule has 28 heavy (non-hydrogen) atoms. The molecule has 0 aliphatic carbocycles. The molecule has 0 unspecified atom stereocenters. The first kappa shape index (κ1) is 17.2. The number of rotatable bonds is 2. The smallest absolute Gasteiger partial charge is 0.265 e. The summed E-state index contributed by atoms with van der Waals surface area (Å²) in [6.45, 7) is 4.33. The summed E-state index contributed by atoms with van der Waals surface area (Å²) in [7, 11) is 0. The Bertz CT molecular complexity index is 1070. The van der Waals surface area contributed by atoms with Crippen LogP contribution >= 0.6 is 0 Å². The lowest BCUT2D eigenvalue weighted by molar-refractivity contribution is -0.884. The molecule has 1 fully saturated rings. The van der Waals surface area contributed by atoms with E-state index in [2.05, 4.69) is 4.68 Å². The van der Waals surface area contributed by atoms with Crippen LogP contribution < -0.4 is 4.73 Å². The van der Waals surface area contributed by atoms with Crippen LogP contribution in [0.3, 0.4) is 0 Å². The Morgan fingerprint density at radius 2 is 2.21 bits per heavy atom. The molecule has 1 saturated heterocycles. The predicted octanol–water partition coefficient (Wildman–Crippen LogP) is 2.09. The molecule has 1 N–H and O–H groups in total. The molecule has 144 valence electrons. The van der Waals surface area contributed by atoms with Gasteiger partial charge in [0.25, 0.3) is 5.52 Å². The maximum absolute atomic E-state index is 12.0. The highest BCUT2D eigenvalue weighted by Crippen LogP contribution is 2.36. The third kappa shape index (κ3) is 2.65. The van der Waals surface area contributed by atoms with Gasteiger partial charge in [0.05, 0.1) is 23.7 Å². The zero-order valence-corrected chi connectivity index (χ0v) is 15.8. The van der Waals surface area contributed by atoms with Crippen molar-refractivity contribution in [2.24, 2.45) is 0 Å². The van der Waals surface area contributed by atoms with Gasteiger partial charge >= 0.3 is 0 Å². The molecule has 2 aromatic heterocycles. The maximum Gasteiger partial charge on any atom is 0.265 e. The van der Waals surface area contributed by atoms with Crippen molar-refractivity contribution >= 4 is 16.8 Å². The SMILES string of the molecule is CC(=O)N1CCc2c(c(-c3cccc4c3ccc[n+]4O)nn2[C@H]2CCOC2)C1. The average molecular weight is 379 g/mol. The van der Waals surface area contributed by atoms with E-state index in [1.165, 1.54) is 5.69 Å². The van der Waals surface area contributed by atoms with Crippen LogP contribution in [0.5, 0.6) is 0 Å². The highest BCUT2D eigenvalue weighted by molar-refractivity contribution is 5.93. The molecule has 1 aromatic carbocycles. The summed E-state index contributed by atoms with van der Waals surface area (Å²) in [6.07, 6.45) is 3.37. The first-order valence-electron chi connectivity index (χ1n) is 9.70. The molecule has 7 nitrogen and oxygen atoms in total. The van der Waals surface area contributed by atoms with Crippen molar-refractivity contribution in [3.63, 3.8) is 0 Å². The first-order chi connectivity index (χ1) is 13.6. The highest BCUT2D eigenvalue weighted by Gasteiger charge is 2.31. The third-order valence-electron chi connectivity index (χ3n) is 5.86. The number of aromatic nitrogens is 3. The van der Waals surface area contributed by atoms with Crippen LogP contribution in [0.2, 0.25) is 0 Å². The van der Waals surface area contributed by atoms with Crippen molar-refractivity contribution in [2.45, 2.75) is 32.4 Å². The van der Waals surface area contributed by atoms with E-state index < -0.39 is 0 Å². The van der Waals surface area contributed by atoms with E-state index in [1.54, 1.807) is 13.1 Å². The lowest BCUT2D eigenvalue weighted by atomic mass is 9.98. The zero-order chi connectivity index (χ0) is 19.3. The molecule has 0 spiro atoms. The topological polar surface area (TPSA) is 71.5 Å². The Labute approximate surface area is 162 Å². The summed E-state index contributed by atoms with van der Waals surface area (Å²) in [4.78, 5) is 13.9. The van der Waals surface area contributed by atoms with E-state index in [4.69, 9.17) is 9.84 Å². The van der Waals surface area contributed by atoms with Crippen molar-refractivity contribution < 1.29 is 19.5 Å². The zero-order valence-electron chi connectivity index (χ0n) is 15.8. The Balaban J connectivity index is 1.72. The van der Waals surface area contributed by atoms with Crippen molar-refractivity contribution in [1.82, 2.24) is 14.7 Å². The summed E-state index contributed by atoms with van der Waals surface area (Å²) in [5.74, 6) is 0.0830. The van der Waals surface area contributed by atoms with Gasteiger partial charge in [0.2, 0.25) is 12.1 Å². The fourth-order valence-electron chi connectivity index (χ4n) is 4.38. The van der Waals surface area contributed by atoms with Gasteiger partial charge in [-0.1, -0.05) is 12.1 Å². The molecule has 1 amide bonds. The standard InChI is InChI=1S/C21H23N4O3/c1-14(26)23-10-7-20-18(12-23)21(22-25(20)15-8-11-28-13-15)17-4-2-6-19-16(17)5-3-9-24(19)27/h2-6,9,15,27H,7-8,10-13H2,1H3/q+1/t15-/m0/s1. The largest absolute Gasteiger partial charge is 0.379 e. The number of ether oxygens (including phenoxy) is 1. The van der Waals surface area contributed by atoms with E-state index >= 15 is 0 Å². The first-order valence-corrected chi connectivity index (χ1v) is 9.70. The van der Waals surface area contributed by atoms with Crippen LogP contribution in [-0.2, 0) is 22.5 Å². The number of carbonyl (C=O) groups excluding carboxylic acids is 1. The molecule has 3 aromatic rings. The van der Waals surface area contributed by atoms with Gasteiger partial charge in [-0.15, -0.1) is 0 Å². The highest BCUT2D eigenvalue weighted by atomic mass is 16.5. The minimum Gasteiger partial charge on any atom is -0.379 e. The molecular formula is C21H23N4O3+. The normalized spacial score (nSPS) is 19.2. The molecule has 2 aliphatic heterocycles. The molecule has 2 aliphatic rings. The Hall–Kier alpha value is -2.93. The van der Waals surface area contributed by atoms with Gasteiger partial charge in [0, 0.05) is 66.7 Å². The summed E-state index contributed by atoms with van der Waals surface area (Å²) in [5, 5.41) is 16.2. The van der Waals surface area contributed by atoms with Crippen LogP contribution in [0, 0.1) is 0 Å². The molecule has 0 saturated carbocycles. The van der Waals surface area contributed by atoms with Gasteiger partial charge in [-0.2, -0.15) is 5.10 Å². The van der Waals surface area contributed by atoms with Crippen LogP contribution in [0.1, 0.15) is 30.6 Å². The fraction of sp³-hybridized carbons (Fsp3) is 0.381. The second-order valence-electron chi connectivity index (χ2n) is 7.52. The minimum atomic E-state index is 0.0830. The van der Waals surface area contributed by atoms with Crippen LogP contribution in [0.25, 0.3) is 22.2 Å². The number of benzene rings is 1. The number of hydrogen-bond acceptors (Lipinski definition) is 4. The molecule has 0 radical (unpaired) electrons. The van der Waals surface area contributed by atoms with Crippen LogP contribution in [0.15, 0.2) is 36.5 Å². The van der Waals surface area contributed by atoms with Gasteiger partial charge < -0.3 is 9.64 Å². The summed E-state index contributed by atoms with van der Waals surface area (Å²) in [5.41, 5.74) is 4.90. The minimum absolute atomic E-state index is 0.0830. The molecule has 0 bridgehead atoms. The molecular weight excluding hydrogens is 356 g/mol. The lowest BCUT2D eigenvalue weighted by Crippen LogP contribution is -2.35. The molecule has 4 heterocycles. The summed E-state index contributed by atoms with van der Waals surface area (Å²) in [6, 6.07) is 9.90. The van der Waals surface area contributed by atoms with E-state index in [1.807, 2.05) is 35.2 Å². The Kier molecular flexibility index (Phi) is 4.05. The van der Waals surface area contributed by atoms with Gasteiger partial charge in [-0.05, 0) is 12.5 Å². The second kappa shape index (κ2) is 6.60. The Morgan fingerprint density at radius 3 is 3.00 bits per heavy atom. The summed E-state index contributed by atoms with van der Waals surface area (Å²) >= 11 is 0. The molecule has 7 heteroatoms. The van der Waals surface area contributed by atoms with E-state index in [0.717, 1.165) is 51.9 Å². The van der Waals surface area contributed by atoms with Crippen molar-refractivity contribution in [1.29, 1.82) is 0 Å². The monoisotopic (exact) mass is 379 g/mol. The molecule has 5 rings (SSSR count). The predicted molar refractivity (Wildman–Crippen MR) is 102 cm³/mol. The number of carbonyl (C=O) groups is 1. The lowest BCUT2D eigenvalue weighted by Gasteiger charge is -2.27. The second-order valence-corrected chi connectivity index (χ2v) is 7.52. The number of fused-ring (bicyclic) bond motifs is 2. The van der Waals surface area contributed by atoms with Crippen molar-refractivity contribution in [3.05, 3.63) is 47.8 Å². The van der Waals surface area contributed by atoms with Crippen LogP contribution in [0.4, 0.5) is 0 Å². The number of nitrogens with zero attached hydrogens (tertiary/aromatic N) is 4.